The lowest BCUT2D eigenvalue weighted by Crippen LogP contribution is -2.13. The number of rotatable bonds is 5. The minimum Gasteiger partial charge on any atom is -0.312 e. The third-order valence-electron chi connectivity index (χ3n) is 3.76. The van der Waals surface area contributed by atoms with Gasteiger partial charge in [-0.25, -0.2) is 9.97 Å². The van der Waals surface area contributed by atoms with Gasteiger partial charge in [0.15, 0.2) is 0 Å². The van der Waals surface area contributed by atoms with Gasteiger partial charge in [0, 0.05) is 18.6 Å². The number of benzene rings is 1. The summed E-state index contributed by atoms with van der Waals surface area (Å²) in [6.07, 6.45) is 4.94. The lowest BCUT2D eigenvalue weighted by atomic mass is 9.82. The molecule has 1 aromatic heterocycles. The van der Waals surface area contributed by atoms with Crippen molar-refractivity contribution in [2.24, 2.45) is 0 Å². The van der Waals surface area contributed by atoms with Crippen LogP contribution in [0.15, 0.2) is 36.7 Å². The first kappa shape index (κ1) is 15.4. The van der Waals surface area contributed by atoms with Crippen molar-refractivity contribution >= 4 is 6.21 Å². The smallest absolute Gasteiger partial charge is 0.140 e. The first-order valence-electron chi connectivity index (χ1n) is 7.46. The second-order valence-corrected chi connectivity index (χ2v) is 5.91. The largest absolute Gasteiger partial charge is 0.312 e. The molecule has 0 saturated heterocycles. The molecule has 0 aliphatic heterocycles. The molecule has 0 spiro atoms. The molecule has 1 atom stereocenters. The second kappa shape index (κ2) is 6.61. The van der Waals surface area contributed by atoms with Gasteiger partial charge in [0.1, 0.15) is 5.82 Å². The SMILES string of the molecule is CC(C)c1cccc(C(C)C)c1C(C=N)c1ncccn1. The molecule has 110 valence electrons. The molecule has 0 amide bonds. The minimum atomic E-state index is -0.179. The predicted octanol–water partition coefficient (Wildman–Crippen LogP) is 4.50. The molecule has 21 heavy (non-hydrogen) atoms. The van der Waals surface area contributed by atoms with E-state index in [0.29, 0.717) is 17.7 Å². The summed E-state index contributed by atoms with van der Waals surface area (Å²) in [6.45, 7) is 8.76. The average Bonchev–Trinajstić information content (AvgIpc) is 2.48. The Morgan fingerprint density at radius 1 is 0.905 bits per heavy atom. The third kappa shape index (κ3) is 3.18. The first-order chi connectivity index (χ1) is 10.1. The molecule has 0 fully saturated rings. The van der Waals surface area contributed by atoms with E-state index in [1.165, 1.54) is 22.9 Å². The number of hydrogen-bond donors (Lipinski definition) is 1. The summed E-state index contributed by atoms with van der Waals surface area (Å²) in [7, 11) is 0. The van der Waals surface area contributed by atoms with Gasteiger partial charge in [-0.3, -0.25) is 0 Å². The lowest BCUT2D eigenvalue weighted by molar-refractivity contribution is 0.782. The van der Waals surface area contributed by atoms with Crippen LogP contribution in [0.5, 0.6) is 0 Å². The highest BCUT2D eigenvalue weighted by molar-refractivity contribution is 5.71. The Bertz CT molecular complexity index is 577. The maximum Gasteiger partial charge on any atom is 0.140 e. The van der Waals surface area contributed by atoms with Crippen molar-refractivity contribution in [1.82, 2.24) is 9.97 Å². The zero-order valence-corrected chi connectivity index (χ0v) is 13.2. The number of hydrogen-bond acceptors (Lipinski definition) is 3. The number of nitrogens with zero attached hydrogens (tertiary/aromatic N) is 2. The monoisotopic (exact) mass is 281 g/mol. The van der Waals surface area contributed by atoms with E-state index in [2.05, 4.69) is 55.9 Å². The summed E-state index contributed by atoms with van der Waals surface area (Å²) in [4.78, 5) is 8.73. The molecule has 1 N–H and O–H groups in total. The van der Waals surface area contributed by atoms with Crippen molar-refractivity contribution in [2.45, 2.75) is 45.4 Å². The van der Waals surface area contributed by atoms with E-state index in [9.17, 15) is 0 Å². The van der Waals surface area contributed by atoms with Crippen LogP contribution in [-0.2, 0) is 0 Å². The van der Waals surface area contributed by atoms with Gasteiger partial charge in [-0.1, -0.05) is 45.9 Å². The fourth-order valence-electron chi connectivity index (χ4n) is 2.73. The van der Waals surface area contributed by atoms with Crippen molar-refractivity contribution in [3.05, 3.63) is 59.2 Å². The Labute approximate surface area is 127 Å². The van der Waals surface area contributed by atoms with E-state index in [4.69, 9.17) is 5.41 Å². The fraction of sp³-hybridized carbons (Fsp3) is 0.389. The quantitative estimate of drug-likeness (QED) is 0.820. The zero-order chi connectivity index (χ0) is 15.4. The van der Waals surface area contributed by atoms with Crippen LogP contribution >= 0.6 is 0 Å². The van der Waals surface area contributed by atoms with Crippen molar-refractivity contribution < 1.29 is 0 Å². The van der Waals surface area contributed by atoms with Gasteiger partial charge in [-0.05, 0) is 34.6 Å². The normalized spacial score (nSPS) is 12.7. The topological polar surface area (TPSA) is 49.6 Å². The lowest BCUT2D eigenvalue weighted by Gasteiger charge is -2.23. The molecule has 0 radical (unpaired) electrons. The molecule has 3 nitrogen and oxygen atoms in total. The predicted molar refractivity (Wildman–Crippen MR) is 87.3 cm³/mol. The molecule has 2 rings (SSSR count). The van der Waals surface area contributed by atoms with Crippen molar-refractivity contribution in [1.29, 1.82) is 5.41 Å². The summed E-state index contributed by atoms with van der Waals surface area (Å²) in [5, 5.41) is 7.91. The van der Waals surface area contributed by atoms with Crippen molar-refractivity contribution in [2.75, 3.05) is 0 Å². The molecule has 1 heterocycles. The van der Waals surface area contributed by atoms with Crippen LogP contribution in [-0.4, -0.2) is 16.2 Å². The average molecular weight is 281 g/mol. The Hall–Kier alpha value is -2.03. The molecule has 1 aromatic carbocycles. The molecule has 0 bridgehead atoms. The molecule has 0 aliphatic carbocycles. The Morgan fingerprint density at radius 2 is 1.43 bits per heavy atom. The Balaban J connectivity index is 2.66. The van der Waals surface area contributed by atoms with E-state index < -0.39 is 0 Å². The van der Waals surface area contributed by atoms with E-state index >= 15 is 0 Å². The summed E-state index contributed by atoms with van der Waals surface area (Å²) < 4.78 is 0. The van der Waals surface area contributed by atoms with E-state index in [-0.39, 0.29) is 5.92 Å². The highest BCUT2D eigenvalue weighted by Gasteiger charge is 2.23. The second-order valence-electron chi connectivity index (χ2n) is 5.91. The van der Waals surface area contributed by atoms with Crippen molar-refractivity contribution in [3.63, 3.8) is 0 Å². The van der Waals surface area contributed by atoms with Crippen molar-refractivity contribution in [3.8, 4) is 0 Å². The minimum absolute atomic E-state index is 0.179. The molecule has 2 aromatic rings. The van der Waals surface area contributed by atoms with Crippen LogP contribution in [0.4, 0.5) is 0 Å². The number of aromatic nitrogens is 2. The van der Waals surface area contributed by atoms with E-state index in [1.807, 2.05) is 6.07 Å². The summed E-state index contributed by atoms with van der Waals surface area (Å²) >= 11 is 0. The van der Waals surface area contributed by atoms with Gasteiger partial charge < -0.3 is 5.41 Å². The number of nitrogens with one attached hydrogen (secondary N) is 1. The van der Waals surface area contributed by atoms with Gasteiger partial charge in [0.2, 0.25) is 0 Å². The highest BCUT2D eigenvalue weighted by atomic mass is 14.9. The van der Waals surface area contributed by atoms with Gasteiger partial charge in [0.25, 0.3) is 0 Å². The van der Waals surface area contributed by atoms with E-state index in [0.717, 1.165) is 0 Å². The molecule has 3 heteroatoms. The molecule has 0 saturated carbocycles. The van der Waals surface area contributed by atoms with Crippen LogP contribution < -0.4 is 0 Å². The Morgan fingerprint density at radius 3 is 1.86 bits per heavy atom. The standard InChI is InChI=1S/C18H23N3/c1-12(2)14-7-5-8-15(13(3)4)17(14)16(11-19)18-20-9-6-10-21-18/h5-13,16,19H,1-4H3. The summed E-state index contributed by atoms with van der Waals surface area (Å²) in [5.74, 6) is 1.33. The zero-order valence-electron chi connectivity index (χ0n) is 13.2. The highest BCUT2D eigenvalue weighted by Crippen LogP contribution is 2.34. The molecular weight excluding hydrogens is 258 g/mol. The van der Waals surface area contributed by atoms with Crippen LogP contribution in [0.25, 0.3) is 0 Å². The Kier molecular flexibility index (Phi) is 4.84. The van der Waals surface area contributed by atoms with Gasteiger partial charge >= 0.3 is 0 Å². The molecular formula is C18H23N3. The molecule has 0 aliphatic rings. The maximum absolute atomic E-state index is 7.91. The van der Waals surface area contributed by atoms with Crippen LogP contribution in [0.1, 0.15) is 68.0 Å². The van der Waals surface area contributed by atoms with Gasteiger partial charge in [0.05, 0.1) is 5.92 Å². The summed E-state index contributed by atoms with van der Waals surface area (Å²) in [5.41, 5.74) is 3.76. The maximum atomic E-state index is 7.91. The molecule has 1 unspecified atom stereocenters. The van der Waals surface area contributed by atoms with E-state index in [1.54, 1.807) is 12.4 Å². The van der Waals surface area contributed by atoms with Gasteiger partial charge in [-0.15, -0.1) is 0 Å². The van der Waals surface area contributed by atoms with Crippen LogP contribution in [0.3, 0.4) is 0 Å². The summed E-state index contributed by atoms with van der Waals surface area (Å²) in [6, 6.07) is 8.24. The van der Waals surface area contributed by atoms with Gasteiger partial charge in [-0.2, -0.15) is 0 Å². The van der Waals surface area contributed by atoms with Crippen LogP contribution in [0.2, 0.25) is 0 Å². The first-order valence-corrected chi connectivity index (χ1v) is 7.46. The van der Waals surface area contributed by atoms with Crippen LogP contribution in [0, 0.1) is 5.41 Å². The third-order valence-corrected chi connectivity index (χ3v) is 3.76. The fourth-order valence-corrected chi connectivity index (χ4v) is 2.73.